The van der Waals surface area contributed by atoms with Gasteiger partial charge in [-0.1, -0.05) is 93.4 Å². The molecule has 3 aromatic carbocycles. The molecule has 1 fully saturated rings. The third-order valence-corrected chi connectivity index (χ3v) is 8.92. The lowest BCUT2D eigenvalue weighted by Gasteiger charge is -2.45. The number of carbonyl (C=O) groups excluding carboxylic acids is 4. The van der Waals surface area contributed by atoms with E-state index in [1.165, 1.54) is 4.90 Å². The first-order valence-electron chi connectivity index (χ1n) is 14.5. The number of carbonyl (C=O) groups is 4. The number of hydrogen-bond acceptors (Lipinski definition) is 5. The van der Waals surface area contributed by atoms with Crippen molar-refractivity contribution < 1.29 is 23.9 Å². The van der Waals surface area contributed by atoms with Crippen molar-refractivity contribution in [2.45, 2.75) is 57.4 Å². The maximum atomic E-state index is 14.1. The third-order valence-electron chi connectivity index (χ3n) is 8.92. The number of anilines is 1. The summed E-state index contributed by atoms with van der Waals surface area (Å²) in [7, 11) is 0. The number of hydrogen-bond donors (Lipinski definition) is 1. The van der Waals surface area contributed by atoms with Crippen molar-refractivity contribution in [2.24, 2.45) is 11.8 Å². The van der Waals surface area contributed by atoms with Crippen molar-refractivity contribution >= 4 is 29.4 Å². The van der Waals surface area contributed by atoms with E-state index in [9.17, 15) is 19.2 Å². The topological polar surface area (TPSA) is 92.8 Å². The fourth-order valence-corrected chi connectivity index (χ4v) is 7.13. The van der Waals surface area contributed by atoms with Crippen molar-refractivity contribution in [1.29, 1.82) is 0 Å². The van der Waals surface area contributed by atoms with Gasteiger partial charge in [0.2, 0.25) is 11.8 Å². The monoisotopic (exact) mass is 550 g/mol. The first-order valence-corrected chi connectivity index (χ1v) is 14.5. The molecular weight excluding hydrogens is 516 g/mol. The summed E-state index contributed by atoms with van der Waals surface area (Å²) in [4.78, 5) is 55.6. The van der Waals surface area contributed by atoms with Gasteiger partial charge in [0.1, 0.15) is 6.04 Å². The third kappa shape index (κ3) is 4.44. The van der Waals surface area contributed by atoms with Gasteiger partial charge in [0, 0.05) is 17.5 Å². The number of unbranched alkanes of at least 4 members (excludes halogenated alkanes) is 1. The molecular formula is C34H34N2O5. The lowest BCUT2D eigenvalue weighted by atomic mass is 9.55. The van der Waals surface area contributed by atoms with Crippen LogP contribution in [0.4, 0.5) is 5.69 Å². The van der Waals surface area contributed by atoms with E-state index in [2.05, 4.69) is 29.6 Å². The zero-order chi connectivity index (χ0) is 28.7. The molecule has 0 aromatic heterocycles. The van der Waals surface area contributed by atoms with Gasteiger partial charge in [0.15, 0.2) is 6.61 Å². The quantitative estimate of drug-likeness (QED) is 0.293. The summed E-state index contributed by atoms with van der Waals surface area (Å²) >= 11 is 0. The normalized spacial score (nSPS) is 22.5. The Morgan fingerprint density at radius 3 is 1.83 bits per heavy atom. The van der Waals surface area contributed by atoms with E-state index in [0.717, 1.165) is 40.7 Å². The van der Waals surface area contributed by atoms with Crippen molar-refractivity contribution in [3.05, 3.63) is 101 Å². The van der Waals surface area contributed by atoms with Crippen LogP contribution >= 0.6 is 0 Å². The molecule has 4 aliphatic rings. The number of likely N-dealkylation sites (tertiary alicyclic amines) is 1. The number of para-hydroxylation sites is 1. The highest BCUT2D eigenvalue weighted by molar-refractivity contribution is 6.10. The van der Waals surface area contributed by atoms with Gasteiger partial charge in [-0.05, 0) is 46.7 Å². The molecule has 0 spiro atoms. The zero-order valence-electron chi connectivity index (χ0n) is 23.3. The summed E-state index contributed by atoms with van der Waals surface area (Å²) in [6.45, 7) is 3.49. The second-order valence-corrected chi connectivity index (χ2v) is 11.1. The first kappa shape index (κ1) is 26.9. The maximum absolute atomic E-state index is 14.1. The van der Waals surface area contributed by atoms with E-state index >= 15 is 0 Å². The minimum Gasteiger partial charge on any atom is -0.454 e. The van der Waals surface area contributed by atoms with Gasteiger partial charge < -0.3 is 10.1 Å². The second-order valence-electron chi connectivity index (χ2n) is 11.1. The fourth-order valence-electron chi connectivity index (χ4n) is 7.13. The molecule has 3 amide bonds. The minimum absolute atomic E-state index is 0.244. The van der Waals surface area contributed by atoms with Crippen molar-refractivity contribution in [3.63, 3.8) is 0 Å². The Morgan fingerprint density at radius 1 is 0.805 bits per heavy atom. The van der Waals surface area contributed by atoms with Crippen LogP contribution in [0.1, 0.15) is 72.8 Å². The van der Waals surface area contributed by atoms with Crippen molar-refractivity contribution in [2.75, 3.05) is 11.9 Å². The zero-order valence-corrected chi connectivity index (χ0v) is 23.3. The molecule has 1 heterocycles. The Hall–Kier alpha value is -4.26. The molecule has 3 aromatic rings. The molecule has 1 N–H and O–H groups in total. The van der Waals surface area contributed by atoms with Gasteiger partial charge in [-0.3, -0.25) is 19.3 Å². The number of rotatable bonds is 9. The van der Waals surface area contributed by atoms with Gasteiger partial charge in [-0.15, -0.1) is 0 Å². The highest BCUT2D eigenvalue weighted by atomic mass is 16.5. The van der Waals surface area contributed by atoms with E-state index < -0.39 is 36.4 Å². The molecule has 0 saturated carbocycles. The van der Waals surface area contributed by atoms with Crippen LogP contribution in [0.2, 0.25) is 0 Å². The Kier molecular flexibility index (Phi) is 7.20. The highest BCUT2D eigenvalue weighted by Gasteiger charge is 2.63. The van der Waals surface area contributed by atoms with Crippen LogP contribution in [0.5, 0.6) is 0 Å². The average Bonchev–Trinajstić information content (AvgIpc) is 3.26. The number of amides is 3. The molecule has 7 nitrogen and oxygen atoms in total. The van der Waals surface area contributed by atoms with Gasteiger partial charge in [-0.25, -0.2) is 4.79 Å². The van der Waals surface area contributed by atoms with E-state index in [4.69, 9.17) is 4.74 Å². The molecule has 7 heteroatoms. The standard InChI is InChI=1S/C34H34N2O5/c1-3-5-18-26(34(40)41-19-27(37)35-25-17-11-6-12-20(25)4-2)36-32(38)30-28-21-13-7-8-14-22(21)29(31(30)33(36)39)24-16-10-9-15-23(24)28/h6-17,26,28-31H,3-5,18-19H2,1-2H3,(H,35,37)/t26-,28?,29?,30+,31+/m1/s1. The number of imide groups is 1. The van der Waals surface area contributed by atoms with E-state index in [1.807, 2.05) is 56.3 Å². The number of benzene rings is 3. The molecule has 3 aliphatic carbocycles. The molecule has 0 unspecified atom stereocenters. The smallest absolute Gasteiger partial charge is 0.329 e. The molecule has 2 bridgehead atoms. The van der Waals surface area contributed by atoms with Gasteiger partial charge in [-0.2, -0.15) is 0 Å². The number of esters is 1. The van der Waals surface area contributed by atoms with Crippen LogP contribution in [-0.2, 0) is 30.3 Å². The largest absolute Gasteiger partial charge is 0.454 e. The van der Waals surface area contributed by atoms with Gasteiger partial charge in [0.25, 0.3) is 5.91 Å². The molecule has 1 aliphatic heterocycles. The highest BCUT2D eigenvalue weighted by Crippen LogP contribution is 2.61. The molecule has 41 heavy (non-hydrogen) atoms. The van der Waals surface area contributed by atoms with Crippen LogP contribution in [0.3, 0.4) is 0 Å². The fraction of sp³-hybridized carbons (Fsp3) is 0.353. The van der Waals surface area contributed by atoms with Gasteiger partial charge >= 0.3 is 5.97 Å². The molecule has 210 valence electrons. The SMILES string of the molecule is CCCC[C@H](C(=O)OCC(=O)Nc1ccccc1CC)N1C(=O)[C@H]2C3c4ccccc4C(c4ccccc43)[C@@H]2C1=O. The van der Waals surface area contributed by atoms with Crippen LogP contribution in [0.25, 0.3) is 0 Å². The summed E-state index contributed by atoms with van der Waals surface area (Å²) in [6.07, 6.45) is 2.45. The number of nitrogens with zero attached hydrogens (tertiary/aromatic N) is 1. The van der Waals surface area contributed by atoms with Crippen LogP contribution in [0, 0.1) is 11.8 Å². The summed E-state index contributed by atoms with van der Waals surface area (Å²) < 4.78 is 5.47. The maximum Gasteiger partial charge on any atom is 0.329 e. The van der Waals surface area contributed by atoms with Crippen molar-refractivity contribution in [3.8, 4) is 0 Å². The molecule has 0 radical (unpaired) electrons. The van der Waals surface area contributed by atoms with E-state index in [-0.39, 0.29) is 23.7 Å². The number of nitrogens with one attached hydrogen (secondary N) is 1. The molecule has 1 saturated heterocycles. The molecule has 3 atom stereocenters. The summed E-state index contributed by atoms with van der Waals surface area (Å²) in [5, 5.41) is 2.80. The minimum atomic E-state index is -1.07. The van der Waals surface area contributed by atoms with Gasteiger partial charge in [0.05, 0.1) is 11.8 Å². The lowest BCUT2D eigenvalue weighted by Crippen LogP contribution is -2.47. The second kappa shape index (κ2) is 11.0. The first-order chi connectivity index (χ1) is 20.0. The number of aryl methyl sites for hydroxylation is 1. The predicted octanol–water partition coefficient (Wildman–Crippen LogP) is 5.18. The Bertz CT molecular complexity index is 1420. The van der Waals surface area contributed by atoms with Crippen LogP contribution < -0.4 is 5.32 Å². The van der Waals surface area contributed by atoms with E-state index in [1.54, 1.807) is 6.07 Å². The Balaban J connectivity index is 1.26. The summed E-state index contributed by atoms with van der Waals surface area (Å²) in [5.41, 5.74) is 5.96. The number of ether oxygens (including phenoxy) is 1. The Morgan fingerprint density at radius 2 is 1.32 bits per heavy atom. The summed E-state index contributed by atoms with van der Waals surface area (Å²) in [5.74, 6) is -3.45. The molecule has 7 rings (SSSR count). The van der Waals surface area contributed by atoms with E-state index in [0.29, 0.717) is 18.5 Å². The van der Waals surface area contributed by atoms with Crippen LogP contribution in [0.15, 0.2) is 72.8 Å². The predicted molar refractivity (Wildman–Crippen MR) is 154 cm³/mol. The average molecular weight is 551 g/mol. The lowest BCUT2D eigenvalue weighted by molar-refractivity contribution is -0.160. The van der Waals surface area contributed by atoms with Crippen molar-refractivity contribution in [1.82, 2.24) is 4.90 Å². The van der Waals surface area contributed by atoms with Crippen LogP contribution in [-0.4, -0.2) is 41.2 Å². The Labute approximate surface area is 239 Å². The summed E-state index contributed by atoms with van der Waals surface area (Å²) in [6, 6.07) is 22.5.